The lowest BCUT2D eigenvalue weighted by Crippen LogP contribution is -2.28. The zero-order valence-electron chi connectivity index (χ0n) is 16.0. The Morgan fingerprint density at radius 2 is 2.00 bits per heavy atom. The van der Waals surface area contributed by atoms with Gasteiger partial charge in [-0.25, -0.2) is 18.4 Å². The number of nitrogens with one attached hydrogen (secondary N) is 1. The SMILES string of the molecule is O=C(C[C@@H]1CSc2nc3c(cnn3-c3ccccc3)c(=O)n21)Nc1ccc(F)cc1F. The number of fused-ring (bicyclic) bond motifs is 2. The van der Waals surface area contributed by atoms with E-state index in [4.69, 9.17) is 0 Å². The molecule has 0 unspecified atom stereocenters. The van der Waals surface area contributed by atoms with Gasteiger partial charge in [0, 0.05) is 18.2 Å². The molecule has 2 aromatic carbocycles. The zero-order chi connectivity index (χ0) is 21.5. The van der Waals surface area contributed by atoms with Gasteiger partial charge in [0.25, 0.3) is 5.56 Å². The summed E-state index contributed by atoms with van der Waals surface area (Å²) < 4.78 is 30.0. The average Bonchev–Trinajstić information content (AvgIpc) is 3.36. The molecule has 1 amide bonds. The van der Waals surface area contributed by atoms with Crippen LogP contribution in [0.25, 0.3) is 16.7 Å². The molecule has 156 valence electrons. The normalized spacial score (nSPS) is 15.2. The van der Waals surface area contributed by atoms with Gasteiger partial charge in [-0.1, -0.05) is 30.0 Å². The molecule has 0 saturated heterocycles. The van der Waals surface area contributed by atoms with Crippen molar-refractivity contribution in [2.75, 3.05) is 11.1 Å². The fraction of sp³-hybridized carbons (Fsp3) is 0.143. The van der Waals surface area contributed by atoms with E-state index in [1.165, 1.54) is 22.5 Å². The van der Waals surface area contributed by atoms with Crippen molar-refractivity contribution < 1.29 is 13.6 Å². The quantitative estimate of drug-likeness (QED) is 0.492. The summed E-state index contributed by atoms with van der Waals surface area (Å²) in [4.78, 5) is 30.2. The van der Waals surface area contributed by atoms with Crippen LogP contribution in [0.2, 0.25) is 0 Å². The van der Waals surface area contributed by atoms with Gasteiger partial charge in [-0.2, -0.15) is 5.10 Å². The first kappa shape index (κ1) is 19.4. The van der Waals surface area contributed by atoms with E-state index < -0.39 is 23.6 Å². The van der Waals surface area contributed by atoms with Gasteiger partial charge in [0.05, 0.1) is 23.6 Å². The summed E-state index contributed by atoms with van der Waals surface area (Å²) in [6.07, 6.45) is 1.43. The highest BCUT2D eigenvalue weighted by atomic mass is 32.2. The minimum atomic E-state index is -0.858. The Morgan fingerprint density at radius 3 is 2.77 bits per heavy atom. The third-order valence-electron chi connectivity index (χ3n) is 5.00. The molecule has 31 heavy (non-hydrogen) atoms. The van der Waals surface area contributed by atoms with Crippen molar-refractivity contribution in [1.29, 1.82) is 0 Å². The van der Waals surface area contributed by atoms with E-state index >= 15 is 0 Å². The van der Waals surface area contributed by atoms with Gasteiger partial charge in [0.2, 0.25) is 5.91 Å². The van der Waals surface area contributed by atoms with E-state index in [1.807, 2.05) is 30.3 Å². The van der Waals surface area contributed by atoms with Crippen LogP contribution < -0.4 is 10.9 Å². The highest BCUT2D eigenvalue weighted by molar-refractivity contribution is 7.99. The fourth-order valence-corrected chi connectivity index (χ4v) is 4.68. The molecule has 7 nitrogen and oxygen atoms in total. The van der Waals surface area contributed by atoms with E-state index in [0.29, 0.717) is 28.0 Å². The van der Waals surface area contributed by atoms with Crippen molar-refractivity contribution in [3.05, 3.63) is 76.7 Å². The molecule has 10 heteroatoms. The molecule has 0 fully saturated rings. The maximum atomic E-state index is 13.8. The molecule has 1 aliphatic heterocycles. The lowest BCUT2D eigenvalue weighted by atomic mass is 10.2. The highest BCUT2D eigenvalue weighted by Gasteiger charge is 2.29. The topological polar surface area (TPSA) is 81.8 Å². The molecular formula is C21H15F2N5O2S. The Hall–Kier alpha value is -3.53. The van der Waals surface area contributed by atoms with Crippen LogP contribution in [-0.4, -0.2) is 31.0 Å². The minimum Gasteiger partial charge on any atom is -0.324 e. The molecule has 1 atom stereocenters. The summed E-state index contributed by atoms with van der Waals surface area (Å²) in [5.74, 6) is -1.58. The first-order valence-electron chi connectivity index (χ1n) is 9.44. The molecule has 1 aliphatic rings. The van der Waals surface area contributed by atoms with Crippen LogP contribution in [-0.2, 0) is 4.79 Å². The second kappa shape index (κ2) is 7.62. The van der Waals surface area contributed by atoms with E-state index in [2.05, 4.69) is 15.4 Å². The molecule has 0 saturated carbocycles. The first-order chi connectivity index (χ1) is 15.0. The van der Waals surface area contributed by atoms with Gasteiger partial charge in [-0.3, -0.25) is 14.2 Å². The molecule has 1 N–H and O–H groups in total. The smallest absolute Gasteiger partial charge is 0.265 e. The number of carbonyl (C=O) groups excluding carboxylic acids is 1. The summed E-state index contributed by atoms with van der Waals surface area (Å²) in [6.45, 7) is 0. The van der Waals surface area contributed by atoms with Crippen molar-refractivity contribution in [1.82, 2.24) is 19.3 Å². The third-order valence-corrected chi connectivity index (χ3v) is 6.10. The Labute approximate surface area is 178 Å². The van der Waals surface area contributed by atoms with Crippen LogP contribution >= 0.6 is 11.8 Å². The number of carbonyl (C=O) groups is 1. The van der Waals surface area contributed by atoms with Crippen molar-refractivity contribution in [2.45, 2.75) is 17.6 Å². The van der Waals surface area contributed by atoms with Gasteiger partial charge < -0.3 is 5.32 Å². The lowest BCUT2D eigenvalue weighted by Gasteiger charge is -2.14. The maximum Gasteiger partial charge on any atom is 0.265 e. The second-order valence-corrected chi connectivity index (χ2v) is 8.03. The lowest BCUT2D eigenvalue weighted by molar-refractivity contribution is -0.116. The average molecular weight is 439 g/mol. The molecule has 0 radical (unpaired) electrons. The predicted molar refractivity (Wildman–Crippen MR) is 112 cm³/mol. The standard InChI is InChI=1S/C21H15F2N5O2S/c22-12-6-7-17(16(23)8-12)25-18(29)9-14-11-31-21-26-19-15(20(30)27(14)21)10-24-28(19)13-4-2-1-3-5-13/h1-8,10,14H,9,11H2,(H,25,29)/t14-/m1/s1. The number of thioether (sulfide) groups is 1. The van der Waals surface area contributed by atoms with Crippen molar-refractivity contribution in [3.8, 4) is 5.69 Å². The first-order valence-corrected chi connectivity index (χ1v) is 10.4. The number of benzene rings is 2. The number of para-hydroxylation sites is 1. The highest BCUT2D eigenvalue weighted by Crippen LogP contribution is 2.33. The number of anilines is 1. The van der Waals surface area contributed by atoms with Crippen LogP contribution in [0.1, 0.15) is 12.5 Å². The fourth-order valence-electron chi connectivity index (χ4n) is 3.55. The van der Waals surface area contributed by atoms with Gasteiger partial charge in [-0.05, 0) is 24.3 Å². The molecule has 0 bridgehead atoms. The molecule has 3 heterocycles. The van der Waals surface area contributed by atoms with E-state index in [1.54, 1.807) is 4.68 Å². The largest absolute Gasteiger partial charge is 0.324 e. The van der Waals surface area contributed by atoms with Crippen molar-refractivity contribution in [3.63, 3.8) is 0 Å². The number of hydrogen-bond donors (Lipinski definition) is 1. The van der Waals surface area contributed by atoms with E-state index in [0.717, 1.165) is 17.8 Å². The Balaban J connectivity index is 1.44. The molecule has 5 rings (SSSR count). The zero-order valence-corrected chi connectivity index (χ0v) is 16.8. The molecular weight excluding hydrogens is 424 g/mol. The molecule has 4 aromatic rings. The number of amides is 1. The maximum absolute atomic E-state index is 13.8. The summed E-state index contributed by atoms with van der Waals surface area (Å²) in [6, 6.07) is 11.9. The summed E-state index contributed by atoms with van der Waals surface area (Å²) in [7, 11) is 0. The van der Waals surface area contributed by atoms with Gasteiger partial charge in [-0.15, -0.1) is 0 Å². The Morgan fingerprint density at radius 1 is 1.19 bits per heavy atom. The van der Waals surface area contributed by atoms with Crippen LogP contribution in [0.4, 0.5) is 14.5 Å². The number of hydrogen-bond acceptors (Lipinski definition) is 5. The van der Waals surface area contributed by atoms with Gasteiger partial charge >= 0.3 is 0 Å². The summed E-state index contributed by atoms with van der Waals surface area (Å²) in [5, 5.41) is 7.59. The molecule has 2 aromatic heterocycles. The number of halogens is 2. The van der Waals surface area contributed by atoms with Crippen LogP contribution in [0.15, 0.2) is 64.7 Å². The van der Waals surface area contributed by atoms with Crippen molar-refractivity contribution in [2.24, 2.45) is 0 Å². The summed E-state index contributed by atoms with van der Waals surface area (Å²) >= 11 is 1.37. The number of aromatic nitrogens is 4. The third kappa shape index (κ3) is 3.48. The molecule has 0 spiro atoms. The minimum absolute atomic E-state index is 0.0449. The number of nitrogens with zero attached hydrogens (tertiary/aromatic N) is 4. The van der Waals surface area contributed by atoms with Crippen LogP contribution in [0, 0.1) is 11.6 Å². The second-order valence-electron chi connectivity index (χ2n) is 7.04. The Bertz CT molecular complexity index is 1370. The van der Waals surface area contributed by atoms with Gasteiger partial charge in [0.15, 0.2) is 10.8 Å². The molecule has 0 aliphatic carbocycles. The van der Waals surface area contributed by atoms with Crippen LogP contribution in [0.3, 0.4) is 0 Å². The number of rotatable bonds is 4. The van der Waals surface area contributed by atoms with E-state index in [-0.39, 0.29) is 17.7 Å². The Kier molecular flexibility index (Phi) is 4.78. The van der Waals surface area contributed by atoms with Crippen LogP contribution in [0.5, 0.6) is 0 Å². The summed E-state index contributed by atoms with van der Waals surface area (Å²) in [5.41, 5.74) is 0.850. The predicted octanol–water partition coefficient (Wildman–Crippen LogP) is 3.54. The monoisotopic (exact) mass is 439 g/mol. The van der Waals surface area contributed by atoms with Gasteiger partial charge in [0.1, 0.15) is 17.0 Å². The van der Waals surface area contributed by atoms with E-state index in [9.17, 15) is 18.4 Å². The van der Waals surface area contributed by atoms with Crippen molar-refractivity contribution >= 4 is 34.4 Å².